The maximum absolute atomic E-state index is 11.9. The molecule has 0 radical (unpaired) electrons. The number of phenols is 1. The van der Waals surface area contributed by atoms with Crippen molar-refractivity contribution in [2.75, 3.05) is 13.2 Å². The highest BCUT2D eigenvalue weighted by atomic mass is 79.9. The van der Waals surface area contributed by atoms with Gasteiger partial charge in [0.05, 0.1) is 22.2 Å². The Hall–Kier alpha value is -2.66. The van der Waals surface area contributed by atoms with Crippen LogP contribution in [-0.4, -0.2) is 35.4 Å². The molecule has 9 nitrogen and oxygen atoms in total. The zero-order chi connectivity index (χ0) is 20.7. The number of rotatable bonds is 8. The second-order valence-electron chi connectivity index (χ2n) is 5.18. The third-order valence-corrected chi connectivity index (χ3v) is 5.45. The van der Waals surface area contributed by atoms with Gasteiger partial charge in [-0.1, -0.05) is 12.1 Å². The molecule has 11 heteroatoms. The predicted molar refractivity (Wildman–Crippen MR) is 109 cm³/mol. The van der Waals surface area contributed by atoms with Crippen LogP contribution in [0.3, 0.4) is 0 Å². The summed E-state index contributed by atoms with van der Waals surface area (Å²) in [6.45, 7) is 1.69. The Morgan fingerprint density at radius 3 is 2.68 bits per heavy atom. The maximum Gasteiger partial charge on any atom is 0.310 e. The summed E-state index contributed by atoms with van der Waals surface area (Å²) in [7, 11) is 0. The summed E-state index contributed by atoms with van der Waals surface area (Å²) in [5.74, 6) is -0.426. The number of ether oxygens (including phenoxy) is 2. The molecule has 0 saturated heterocycles. The van der Waals surface area contributed by atoms with E-state index in [0.29, 0.717) is 21.1 Å². The second kappa shape index (κ2) is 10.0. The van der Waals surface area contributed by atoms with Crippen LogP contribution in [0.4, 0.5) is 5.69 Å². The molecule has 0 unspecified atom stereocenters. The number of amides is 1. The van der Waals surface area contributed by atoms with Crippen molar-refractivity contribution in [2.45, 2.75) is 6.92 Å². The second-order valence-corrected chi connectivity index (χ2v) is 6.77. The van der Waals surface area contributed by atoms with Crippen LogP contribution in [0.1, 0.15) is 12.5 Å². The van der Waals surface area contributed by atoms with Crippen LogP contribution in [-0.2, 0) is 4.79 Å². The molecule has 2 aromatic rings. The highest BCUT2D eigenvalue weighted by Crippen LogP contribution is 2.41. The molecule has 0 fully saturated rings. The monoisotopic (exact) mass is 515 g/mol. The third-order valence-electron chi connectivity index (χ3n) is 3.29. The Morgan fingerprint density at radius 1 is 1.29 bits per heavy atom. The summed E-state index contributed by atoms with van der Waals surface area (Å²) in [4.78, 5) is 22.2. The maximum atomic E-state index is 11.9. The van der Waals surface area contributed by atoms with E-state index in [9.17, 15) is 20.0 Å². The van der Waals surface area contributed by atoms with E-state index < -0.39 is 17.4 Å². The minimum Gasteiger partial charge on any atom is -0.503 e. The molecule has 0 spiro atoms. The van der Waals surface area contributed by atoms with Crippen LogP contribution in [0, 0.1) is 10.1 Å². The number of phenolic OH excluding ortho intramolecular Hbond substituents is 1. The standard InChI is InChI=1S/C17H15Br2N3O6/c1-2-27-13-7-10(15(18)16(19)17(13)24)8-20-21-14(23)9-28-12-6-4-3-5-11(12)22(25)26/h3-8,24H,2,9H2,1H3,(H,21,23)/b20-8-. The van der Waals surface area contributed by atoms with Crippen molar-refractivity contribution in [3.05, 3.63) is 55.0 Å². The number of nitro groups is 1. The summed E-state index contributed by atoms with van der Waals surface area (Å²) in [5, 5.41) is 24.7. The lowest BCUT2D eigenvalue weighted by Gasteiger charge is -2.11. The number of hydrazone groups is 1. The van der Waals surface area contributed by atoms with Crippen molar-refractivity contribution in [3.63, 3.8) is 0 Å². The molecule has 0 heterocycles. The molecule has 0 aliphatic rings. The first-order valence-electron chi connectivity index (χ1n) is 7.87. The Bertz CT molecular complexity index is 920. The summed E-state index contributed by atoms with van der Waals surface area (Å²) < 4.78 is 11.4. The first-order chi connectivity index (χ1) is 13.3. The van der Waals surface area contributed by atoms with Crippen LogP contribution < -0.4 is 14.9 Å². The zero-order valence-corrected chi connectivity index (χ0v) is 17.7. The first-order valence-corrected chi connectivity index (χ1v) is 9.45. The lowest BCUT2D eigenvalue weighted by atomic mass is 10.2. The molecule has 0 aliphatic heterocycles. The van der Waals surface area contributed by atoms with Crippen molar-refractivity contribution < 1.29 is 24.3 Å². The zero-order valence-electron chi connectivity index (χ0n) is 14.5. The van der Waals surface area contributed by atoms with Crippen molar-refractivity contribution in [2.24, 2.45) is 5.10 Å². The lowest BCUT2D eigenvalue weighted by Crippen LogP contribution is -2.24. The minimum absolute atomic E-state index is 0.0156. The number of aromatic hydroxyl groups is 1. The van der Waals surface area contributed by atoms with Crippen LogP contribution in [0.5, 0.6) is 17.2 Å². The number of halogens is 2. The van der Waals surface area contributed by atoms with Gasteiger partial charge < -0.3 is 14.6 Å². The van der Waals surface area contributed by atoms with Gasteiger partial charge in [0.15, 0.2) is 23.9 Å². The highest BCUT2D eigenvalue weighted by molar-refractivity contribution is 9.13. The number of benzene rings is 2. The molecule has 2 rings (SSSR count). The van der Waals surface area contributed by atoms with Crippen molar-refractivity contribution in [1.82, 2.24) is 5.43 Å². The number of nitrogens with zero attached hydrogens (tertiary/aromatic N) is 2. The molecular formula is C17H15Br2N3O6. The van der Waals surface area contributed by atoms with Gasteiger partial charge in [0.25, 0.3) is 5.91 Å². The molecule has 0 aromatic heterocycles. The van der Waals surface area contributed by atoms with Gasteiger partial charge in [-0.15, -0.1) is 0 Å². The molecule has 2 aromatic carbocycles. The Labute approximate surface area is 176 Å². The number of para-hydroxylation sites is 2. The largest absolute Gasteiger partial charge is 0.503 e. The first kappa shape index (κ1) is 21.6. The number of nitro benzene ring substituents is 1. The van der Waals surface area contributed by atoms with E-state index >= 15 is 0 Å². The van der Waals surface area contributed by atoms with Crippen molar-refractivity contribution in [1.29, 1.82) is 0 Å². The van der Waals surface area contributed by atoms with Crippen LogP contribution >= 0.6 is 31.9 Å². The van der Waals surface area contributed by atoms with Gasteiger partial charge in [-0.25, -0.2) is 5.43 Å². The molecule has 1 amide bonds. The lowest BCUT2D eigenvalue weighted by molar-refractivity contribution is -0.385. The van der Waals surface area contributed by atoms with Crippen molar-refractivity contribution >= 4 is 49.7 Å². The summed E-state index contributed by atoms with van der Waals surface area (Å²) in [6.07, 6.45) is 1.35. The molecule has 2 N–H and O–H groups in total. The van der Waals surface area contributed by atoms with Crippen LogP contribution in [0.25, 0.3) is 0 Å². The van der Waals surface area contributed by atoms with E-state index in [2.05, 4.69) is 42.4 Å². The number of hydrogen-bond donors (Lipinski definition) is 2. The van der Waals surface area contributed by atoms with E-state index in [0.717, 1.165) is 0 Å². The van der Waals surface area contributed by atoms with Gasteiger partial charge >= 0.3 is 5.69 Å². The molecule has 0 saturated carbocycles. The fourth-order valence-corrected chi connectivity index (χ4v) is 2.88. The van der Waals surface area contributed by atoms with Gasteiger partial charge in [0.1, 0.15) is 0 Å². The fourth-order valence-electron chi connectivity index (χ4n) is 2.05. The highest BCUT2D eigenvalue weighted by Gasteiger charge is 2.16. The topological polar surface area (TPSA) is 123 Å². The van der Waals surface area contributed by atoms with E-state index in [4.69, 9.17) is 9.47 Å². The predicted octanol–water partition coefficient (Wildman–Crippen LogP) is 3.75. The fraction of sp³-hybridized carbons (Fsp3) is 0.176. The third kappa shape index (κ3) is 5.42. The molecule has 0 bridgehead atoms. The number of carbonyl (C=O) groups is 1. The molecule has 0 aliphatic carbocycles. The number of nitrogens with one attached hydrogen (secondary N) is 1. The van der Waals surface area contributed by atoms with Gasteiger partial charge in [-0.05, 0) is 50.9 Å². The Balaban J connectivity index is 2.01. The normalized spacial score (nSPS) is 10.7. The van der Waals surface area contributed by atoms with E-state index in [1.807, 2.05) is 0 Å². The van der Waals surface area contributed by atoms with Gasteiger partial charge in [-0.3, -0.25) is 14.9 Å². The van der Waals surface area contributed by atoms with E-state index in [1.165, 1.54) is 24.4 Å². The molecule has 28 heavy (non-hydrogen) atoms. The summed E-state index contributed by atoms with van der Waals surface area (Å²) in [6, 6.07) is 7.29. The molecule has 0 atom stereocenters. The van der Waals surface area contributed by atoms with E-state index in [1.54, 1.807) is 19.1 Å². The quantitative estimate of drug-likeness (QED) is 0.313. The number of hydrogen-bond acceptors (Lipinski definition) is 7. The van der Waals surface area contributed by atoms with Gasteiger partial charge in [0, 0.05) is 16.1 Å². The SMILES string of the molecule is CCOc1cc(/C=N\NC(=O)COc2ccccc2[N+](=O)[O-])c(Br)c(Br)c1O. The minimum atomic E-state index is -0.603. The van der Waals surface area contributed by atoms with Gasteiger partial charge in [0.2, 0.25) is 0 Å². The average molecular weight is 517 g/mol. The van der Waals surface area contributed by atoms with Crippen LogP contribution in [0.2, 0.25) is 0 Å². The van der Waals surface area contributed by atoms with Crippen LogP contribution in [0.15, 0.2) is 44.4 Å². The van der Waals surface area contributed by atoms with E-state index in [-0.39, 0.29) is 22.9 Å². The molecule has 148 valence electrons. The average Bonchev–Trinajstić information content (AvgIpc) is 2.68. The van der Waals surface area contributed by atoms with Gasteiger partial charge in [-0.2, -0.15) is 5.10 Å². The summed E-state index contributed by atoms with van der Waals surface area (Å²) in [5.41, 5.74) is 2.56. The summed E-state index contributed by atoms with van der Waals surface area (Å²) >= 11 is 6.55. The number of carbonyl (C=O) groups excluding carboxylic acids is 1. The van der Waals surface area contributed by atoms with Crippen molar-refractivity contribution in [3.8, 4) is 17.2 Å². The Morgan fingerprint density at radius 2 is 2.00 bits per heavy atom. The smallest absolute Gasteiger partial charge is 0.310 e. The Kier molecular flexibility index (Phi) is 7.76. The molecular weight excluding hydrogens is 502 g/mol.